The molecule has 0 saturated heterocycles. The third-order valence-electron chi connectivity index (χ3n) is 5.10. The van der Waals surface area contributed by atoms with Gasteiger partial charge >= 0.3 is 0 Å². The van der Waals surface area contributed by atoms with Crippen LogP contribution in [0.15, 0.2) is 78.9 Å². The molecule has 0 radical (unpaired) electrons. The number of hydrogen-bond acceptors (Lipinski definition) is 5. The Morgan fingerprint density at radius 3 is 2.53 bits per heavy atom. The Hall–Kier alpha value is -4.10. The quantitative estimate of drug-likeness (QED) is 0.241. The number of nitrogens with one attached hydrogen (secondary N) is 1. The Kier molecular flexibility index (Phi) is 4.88. The van der Waals surface area contributed by atoms with Gasteiger partial charge < -0.3 is 5.32 Å². The van der Waals surface area contributed by atoms with Gasteiger partial charge in [0.2, 0.25) is 0 Å². The molecule has 0 aliphatic carbocycles. The summed E-state index contributed by atoms with van der Waals surface area (Å²) in [4.78, 5) is 20.2. The van der Waals surface area contributed by atoms with Crippen molar-refractivity contribution in [3.63, 3.8) is 0 Å². The highest BCUT2D eigenvalue weighted by Gasteiger charge is 2.16. The fourth-order valence-corrected chi connectivity index (χ4v) is 3.76. The minimum atomic E-state index is -0.545. The second kappa shape index (κ2) is 7.86. The first-order chi connectivity index (χ1) is 15.5. The smallest absolute Gasteiger partial charge is 0.270 e. The Labute approximate surface area is 186 Å². The number of nitro groups is 1. The predicted octanol–water partition coefficient (Wildman–Crippen LogP) is 6.89. The summed E-state index contributed by atoms with van der Waals surface area (Å²) in [6.45, 7) is 0. The molecule has 0 amide bonds. The van der Waals surface area contributed by atoms with Gasteiger partial charge in [-0.15, -0.1) is 0 Å². The highest BCUT2D eigenvalue weighted by atomic mass is 35.5. The number of non-ortho nitro benzene ring substituents is 1. The van der Waals surface area contributed by atoms with Crippen LogP contribution < -0.4 is 5.32 Å². The van der Waals surface area contributed by atoms with E-state index in [9.17, 15) is 14.5 Å². The van der Waals surface area contributed by atoms with Gasteiger partial charge in [0.1, 0.15) is 11.6 Å². The van der Waals surface area contributed by atoms with Gasteiger partial charge in [0.15, 0.2) is 5.82 Å². The van der Waals surface area contributed by atoms with Crippen LogP contribution in [-0.2, 0) is 0 Å². The first-order valence-electron chi connectivity index (χ1n) is 9.66. The van der Waals surface area contributed by atoms with Crippen LogP contribution in [0, 0.1) is 15.9 Å². The highest BCUT2D eigenvalue weighted by Crippen LogP contribution is 2.33. The van der Waals surface area contributed by atoms with E-state index in [-0.39, 0.29) is 10.7 Å². The molecule has 1 N–H and O–H groups in total. The minimum Gasteiger partial charge on any atom is -0.340 e. The minimum absolute atomic E-state index is 0.0476. The second-order valence-electron chi connectivity index (χ2n) is 7.13. The standard InChI is InChI=1S/C24H14ClFN4O2/c25-20-12-15(8-10-21(20)26)27-24-19-13-16(30(31)32)9-11-22(19)28-23(29-24)18-7-3-5-14-4-1-2-6-17(14)18/h1-13H,(H,27,28,29). The van der Waals surface area contributed by atoms with Crippen LogP contribution in [-0.4, -0.2) is 14.9 Å². The van der Waals surface area contributed by atoms with E-state index in [4.69, 9.17) is 11.6 Å². The number of rotatable bonds is 4. The van der Waals surface area contributed by atoms with Gasteiger partial charge in [0.25, 0.3) is 5.69 Å². The molecule has 156 valence electrons. The number of anilines is 2. The van der Waals surface area contributed by atoms with Crippen LogP contribution in [0.1, 0.15) is 0 Å². The van der Waals surface area contributed by atoms with Gasteiger partial charge in [0, 0.05) is 28.8 Å². The molecule has 6 nitrogen and oxygen atoms in total. The molecule has 0 saturated carbocycles. The molecule has 4 aromatic carbocycles. The summed E-state index contributed by atoms with van der Waals surface area (Å²) < 4.78 is 13.6. The number of benzene rings is 4. The van der Waals surface area contributed by atoms with Gasteiger partial charge in [-0.05, 0) is 35.0 Å². The Bertz CT molecular complexity index is 1520. The molecule has 5 rings (SSSR count). The highest BCUT2D eigenvalue weighted by molar-refractivity contribution is 6.31. The summed E-state index contributed by atoms with van der Waals surface area (Å²) in [5.41, 5.74) is 1.76. The molecule has 0 aliphatic rings. The van der Waals surface area contributed by atoms with Crippen molar-refractivity contribution in [3.8, 4) is 11.4 Å². The number of nitrogens with zero attached hydrogens (tertiary/aromatic N) is 3. The van der Waals surface area contributed by atoms with Crippen LogP contribution >= 0.6 is 11.6 Å². The Morgan fingerprint density at radius 2 is 1.72 bits per heavy atom. The first-order valence-corrected chi connectivity index (χ1v) is 10.0. The Balaban J connectivity index is 1.74. The molecular weight excluding hydrogens is 431 g/mol. The SMILES string of the molecule is O=[N+]([O-])c1ccc2nc(-c3cccc4ccccc34)nc(Nc3ccc(F)c(Cl)c3)c2c1. The van der Waals surface area contributed by atoms with Gasteiger partial charge in [0.05, 0.1) is 15.5 Å². The molecule has 0 fully saturated rings. The number of aromatic nitrogens is 2. The van der Waals surface area contributed by atoms with Crippen LogP contribution in [0.5, 0.6) is 0 Å². The molecular formula is C24H14ClFN4O2. The molecule has 0 atom stereocenters. The summed E-state index contributed by atoms with van der Waals surface area (Å²) in [5, 5.41) is 16.9. The lowest BCUT2D eigenvalue weighted by Gasteiger charge is -2.13. The average Bonchev–Trinajstić information content (AvgIpc) is 2.80. The van der Waals surface area contributed by atoms with E-state index in [0.29, 0.717) is 28.2 Å². The zero-order valence-electron chi connectivity index (χ0n) is 16.4. The zero-order chi connectivity index (χ0) is 22.2. The van der Waals surface area contributed by atoms with Gasteiger partial charge in [-0.2, -0.15) is 0 Å². The van der Waals surface area contributed by atoms with E-state index >= 15 is 0 Å². The van der Waals surface area contributed by atoms with Gasteiger partial charge in [-0.25, -0.2) is 14.4 Å². The van der Waals surface area contributed by atoms with Gasteiger partial charge in [-0.3, -0.25) is 10.1 Å². The molecule has 0 aliphatic heterocycles. The molecule has 8 heteroatoms. The molecule has 1 aromatic heterocycles. The fraction of sp³-hybridized carbons (Fsp3) is 0. The third kappa shape index (κ3) is 3.59. The van der Waals surface area contributed by atoms with Crippen molar-refractivity contribution in [2.45, 2.75) is 0 Å². The summed E-state index contributed by atoms with van der Waals surface area (Å²) in [6, 6.07) is 22.3. The van der Waals surface area contributed by atoms with Crippen molar-refractivity contribution >= 4 is 50.5 Å². The molecule has 0 unspecified atom stereocenters. The van der Waals surface area contributed by atoms with E-state index in [1.165, 1.54) is 30.3 Å². The normalized spacial score (nSPS) is 11.1. The molecule has 5 aromatic rings. The van der Waals surface area contributed by atoms with Crippen LogP contribution in [0.3, 0.4) is 0 Å². The molecule has 0 bridgehead atoms. The van der Waals surface area contributed by atoms with Crippen molar-refractivity contribution in [1.29, 1.82) is 0 Å². The molecule has 32 heavy (non-hydrogen) atoms. The lowest BCUT2D eigenvalue weighted by molar-refractivity contribution is -0.384. The lowest BCUT2D eigenvalue weighted by Crippen LogP contribution is -2.01. The third-order valence-corrected chi connectivity index (χ3v) is 5.39. The van der Waals surface area contributed by atoms with Crippen molar-refractivity contribution in [1.82, 2.24) is 9.97 Å². The van der Waals surface area contributed by atoms with E-state index < -0.39 is 10.7 Å². The summed E-state index contributed by atoms with van der Waals surface area (Å²) >= 11 is 5.92. The average molecular weight is 445 g/mol. The van der Waals surface area contributed by atoms with Crippen LogP contribution in [0.2, 0.25) is 5.02 Å². The number of hydrogen-bond donors (Lipinski definition) is 1. The zero-order valence-corrected chi connectivity index (χ0v) is 17.2. The van der Waals surface area contributed by atoms with E-state index in [0.717, 1.165) is 16.3 Å². The van der Waals surface area contributed by atoms with E-state index in [1.54, 1.807) is 6.07 Å². The number of halogens is 2. The van der Waals surface area contributed by atoms with Crippen molar-refractivity contribution < 1.29 is 9.31 Å². The summed E-state index contributed by atoms with van der Waals surface area (Å²) in [7, 11) is 0. The van der Waals surface area contributed by atoms with Crippen LogP contribution in [0.25, 0.3) is 33.1 Å². The summed E-state index contributed by atoms with van der Waals surface area (Å²) in [6.07, 6.45) is 0. The summed E-state index contributed by atoms with van der Waals surface area (Å²) in [5.74, 6) is 0.264. The Morgan fingerprint density at radius 1 is 0.906 bits per heavy atom. The maximum atomic E-state index is 13.6. The van der Waals surface area contributed by atoms with Crippen molar-refractivity contribution in [2.24, 2.45) is 0 Å². The van der Waals surface area contributed by atoms with Gasteiger partial charge in [-0.1, -0.05) is 54.1 Å². The first kappa shape index (κ1) is 19.8. The van der Waals surface area contributed by atoms with E-state index in [1.807, 2.05) is 42.5 Å². The molecule has 0 spiro atoms. The largest absolute Gasteiger partial charge is 0.340 e. The maximum absolute atomic E-state index is 13.6. The number of fused-ring (bicyclic) bond motifs is 2. The lowest BCUT2D eigenvalue weighted by atomic mass is 10.0. The van der Waals surface area contributed by atoms with Crippen molar-refractivity contribution in [2.75, 3.05) is 5.32 Å². The number of nitro benzene ring substituents is 1. The topological polar surface area (TPSA) is 81.0 Å². The van der Waals surface area contributed by atoms with Crippen LogP contribution in [0.4, 0.5) is 21.6 Å². The fourth-order valence-electron chi connectivity index (χ4n) is 3.58. The van der Waals surface area contributed by atoms with Crippen molar-refractivity contribution in [3.05, 3.63) is 99.8 Å². The maximum Gasteiger partial charge on any atom is 0.270 e. The monoisotopic (exact) mass is 444 g/mol. The van der Waals surface area contributed by atoms with E-state index in [2.05, 4.69) is 15.3 Å². The second-order valence-corrected chi connectivity index (χ2v) is 7.54. The predicted molar refractivity (Wildman–Crippen MR) is 124 cm³/mol. The molecule has 1 heterocycles.